The van der Waals surface area contributed by atoms with Gasteiger partial charge in [0.05, 0.1) is 19.6 Å². The van der Waals surface area contributed by atoms with E-state index in [1.165, 1.54) is 16.7 Å². The number of rotatable bonds is 4. The standard InChI is InChI=1S/C20H25NO3/c1-6-20-13-8-10-16(23-5)19(20)24-18-15(22-4)9-7-12(17(18)20)11-14(13)21(2)3/h7-10,14,19H,6,11H2,1-5H3/t14-,19+,20+/m1/s1. The normalized spacial score (nSPS) is 29.6. The second-order valence-corrected chi connectivity index (χ2v) is 7.03. The molecule has 1 aliphatic heterocycles. The van der Waals surface area contributed by atoms with Gasteiger partial charge in [-0.1, -0.05) is 19.1 Å². The van der Waals surface area contributed by atoms with Crippen molar-refractivity contribution >= 4 is 0 Å². The number of allylic oxidation sites excluding steroid dienone is 2. The Hall–Kier alpha value is -1.94. The molecule has 0 N–H and O–H groups in total. The molecule has 0 spiro atoms. The van der Waals surface area contributed by atoms with Crippen molar-refractivity contribution in [1.82, 2.24) is 4.90 Å². The van der Waals surface area contributed by atoms with E-state index in [9.17, 15) is 0 Å². The van der Waals surface area contributed by atoms with E-state index in [2.05, 4.69) is 44.1 Å². The Bertz CT molecular complexity index is 749. The molecular formula is C20H25NO3. The average molecular weight is 327 g/mol. The quantitative estimate of drug-likeness (QED) is 0.850. The van der Waals surface area contributed by atoms with Crippen molar-refractivity contribution in [3.05, 3.63) is 46.7 Å². The summed E-state index contributed by atoms with van der Waals surface area (Å²) in [7, 11) is 7.75. The molecule has 2 aliphatic carbocycles. The Kier molecular flexibility index (Phi) is 3.43. The summed E-state index contributed by atoms with van der Waals surface area (Å²) in [5, 5.41) is 0. The van der Waals surface area contributed by atoms with Gasteiger partial charge in [-0.25, -0.2) is 0 Å². The van der Waals surface area contributed by atoms with E-state index in [1.807, 2.05) is 6.07 Å². The van der Waals surface area contributed by atoms with Gasteiger partial charge in [-0.05, 0) is 50.2 Å². The van der Waals surface area contributed by atoms with Crippen LogP contribution in [0.1, 0.15) is 24.5 Å². The van der Waals surface area contributed by atoms with Crippen molar-refractivity contribution in [1.29, 1.82) is 0 Å². The van der Waals surface area contributed by atoms with Crippen molar-refractivity contribution in [3.8, 4) is 11.5 Å². The second kappa shape index (κ2) is 5.28. The largest absolute Gasteiger partial charge is 0.497 e. The van der Waals surface area contributed by atoms with E-state index in [-0.39, 0.29) is 11.5 Å². The summed E-state index contributed by atoms with van der Waals surface area (Å²) in [5.41, 5.74) is 3.94. The first-order valence-corrected chi connectivity index (χ1v) is 8.58. The highest BCUT2D eigenvalue weighted by atomic mass is 16.6. The molecular weight excluding hydrogens is 302 g/mol. The Morgan fingerprint density at radius 3 is 2.62 bits per heavy atom. The van der Waals surface area contributed by atoms with Crippen LogP contribution in [-0.2, 0) is 16.6 Å². The molecule has 1 aromatic carbocycles. The van der Waals surface area contributed by atoms with Crippen molar-refractivity contribution in [3.63, 3.8) is 0 Å². The van der Waals surface area contributed by atoms with Crippen LogP contribution in [0.4, 0.5) is 0 Å². The zero-order valence-electron chi connectivity index (χ0n) is 15.1. The number of ether oxygens (including phenoxy) is 3. The Labute approximate surface area is 143 Å². The lowest BCUT2D eigenvalue weighted by molar-refractivity contribution is 0.104. The van der Waals surface area contributed by atoms with Gasteiger partial charge in [-0.3, -0.25) is 0 Å². The SMILES string of the molecule is CC[C@@]12C3=CC=C(OC)[C@@H]1Oc1c(OC)ccc(c12)C[C@H]3N(C)C. The van der Waals surface area contributed by atoms with Gasteiger partial charge in [-0.2, -0.15) is 0 Å². The molecule has 0 bridgehead atoms. The van der Waals surface area contributed by atoms with Gasteiger partial charge in [0.2, 0.25) is 0 Å². The topological polar surface area (TPSA) is 30.9 Å². The van der Waals surface area contributed by atoms with Gasteiger partial charge < -0.3 is 19.1 Å². The number of nitrogens with zero attached hydrogens (tertiary/aromatic N) is 1. The molecule has 4 rings (SSSR count). The molecule has 4 nitrogen and oxygen atoms in total. The third-order valence-electron chi connectivity index (χ3n) is 5.95. The second-order valence-electron chi connectivity index (χ2n) is 7.03. The van der Waals surface area contributed by atoms with Crippen LogP contribution in [0.5, 0.6) is 11.5 Å². The van der Waals surface area contributed by atoms with Crippen LogP contribution in [0.15, 0.2) is 35.6 Å². The fourth-order valence-electron chi connectivity index (χ4n) is 4.82. The molecule has 0 saturated heterocycles. The highest BCUT2D eigenvalue weighted by Crippen LogP contribution is 2.60. The van der Waals surface area contributed by atoms with Crippen LogP contribution < -0.4 is 9.47 Å². The molecule has 0 fully saturated rings. The van der Waals surface area contributed by atoms with Crippen LogP contribution >= 0.6 is 0 Å². The highest BCUT2D eigenvalue weighted by molar-refractivity contribution is 5.67. The van der Waals surface area contributed by atoms with E-state index < -0.39 is 0 Å². The van der Waals surface area contributed by atoms with E-state index in [4.69, 9.17) is 14.2 Å². The summed E-state index contributed by atoms with van der Waals surface area (Å²) in [5.74, 6) is 2.60. The molecule has 0 radical (unpaired) electrons. The van der Waals surface area contributed by atoms with E-state index in [0.29, 0.717) is 6.04 Å². The molecule has 3 aliphatic rings. The van der Waals surface area contributed by atoms with Crippen LogP contribution in [0.3, 0.4) is 0 Å². The monoisotopic (exact) mass is 327 g/mol. The fourth-order valence-corrected chi connectivity index (χ4v) is 4.82. The van der Waals surface area contributed by atoms with E-state index >= 15 is 0 Å². The summed E-state index contributed by atoms with van der Waals surface area (Å²) in [6, 6.07) is 4.61. The molecule has 4 heteroatoms. The molecule has 24 heavy (non-hydrogen) atoms. The summed E-state index contributed by atoms with van der Waals surface area (Å²) in [4.78, 5) is 2.32. The van der Waals surface area contributed by atoms with Gasteiger partial charge >= 0.3 is 0 Å². The smallest absolute Gasteiger partial charge is 0.169 e. The first-order valence-electron chi connectivity index (χ1n) is 8.58. The molecule has 0 unspecified atom stereocenters. The van der Waals surface area contributed by atoms with Crippen molar-refractivity contribution in [2.24, 2.45) is 0 Å². The minimum Gasteiger partial charge on any atom is -0.497 e. The number of hydrogen-bond acceptors (Lipinski definition) is 4. The molecule has 0 saturated carbocycles. The maximum atomic E-state index is 6.47. The lowest BCUT2D eigenvalue weighted by Gasteiger charge is -2.47. The van der Waals surface area contributed by atoms with E-state index in [1.54, 1.807) is 14.2 Å². The lowest BCUT2D eigenvalue weighted by Crippen LogP contribution is -2.52. The summed E-state index contributed by atoms with van der Waals surface area (Å²) >= 11 is 0. The predicted molar refractivity (Wildman–Crippen MR) is 93.7 cm³/mol. The van der Waals surface area contributed by atoms with Crippen molar-refractivity contribution in [2.45, 2.75) is 37.3 Å². The summed E-state index contributed by atoms with van der Waals surface area (Å²) in [6.45, 7) is 2.25. The van der Waals surface area contributed by atoms with Gasteiger partial charge in [0.25, 0.3) is 0 Å². The zero-order chi connectivity index (χ0) is 17.1. The van der Waals surface area contributed by atoms with Gasteiger partial charge in [-0.15, -0.1) is 0 Å². The highest BCUT2D eigenvalue weighted by Gasteiger charge is 2.59. The Balaban J connectivity index is 2.04. The summed E-state index contributed by atoms with van der Waals surface area (Å²) in [6.07, 6.45) is 6.19. The van der Waals surface area contributed by atoms with Crippen molar-refractivity contribution < 1.29 is 14.2 Å². The first kappa shape index (κ1) is 15.6. The zero-order valence-corrected chi connectivity index (χ0v) is 15.1. The predicted octanol–water partition coefficient (Wildman–Crippen LogP) is 3.06. The molecule has 0 aromatic heterocycles. The van der Waals surface area contributed by atoms with Crippen LogP contribution in [0.25, 0.3) is 0 Å². The minimum absolute atomic E-state index is 0.111. The molecule has 0 amide bonds. The molecule has 3 atom stereocenters. The molecule has 1 aromatic rings. The van der Waals surface area contributed by atoms with Gasteiger partial charge in [0, 0.05) is 11.6 Å². The molecule has 1 heterocycles. The third-order valence-corrected chi connectivity index (χ3v) is 5.95. The summed E-state index contributed by atoms with van der Waals surface area (Å²) < 4.78 is 17.7. The third kappa shape index (κ3) is 1.72. The first-order chi connectivity index (χ1) is 11.6. The van der Waals surface area contributed by atoms with Crippen molar-refractivity contribution in [2.75, 3.05) is 28.3 Å². The average Bonchev–Trinajstić information content (AvgIpc) is 2.96. The van der Waals surface area contributed by atoms with Gasteiger partial charge in [0.15, 0.2) is 17.6 Å². The Morgan fingerprint density at radius 2 is 2.00 bits per heavy atom. The van der Waals surface area contributed by atoms with Crippen LogP contribution in [0, 0.1) is 0 Å². The number of benzene rings is 1. The maximum Gasteiger partial charge on any atom is 0.169 e. The maximum absolute atomic E-state index is 6.47. The van der Waals surface area contributed by atoms with E-state index in [0.717, 1.165) is 30.1 Å². The van der Waals surface area contributed by atoms with Gasteiger partial charge in [0.1, 0.15) is 5.76 Å². The number of hydrogen-bond donors (Lipinski definition) is 0. The lowest BCUT2D eigenvalue weighted by atomic mass is 9.59. The minimum atomic E-state index is -0.160. The number of methoxy groups -OCH3 is 2. The fraction of sp³-hybridized carbons (Fsp3) is 0.500. The number of likely N-dealkylation sites (N-methyl/N-ethyl adjacent to an activating group) is 1. The molecule has 128 valence electrons. The van der Waals surface area contributed by atoms with Crippen LogP contribution in [-0.4, -0.2) is 45.4 Å². The van der Waals surface area contributed by atoms with Crippen LogP contribution in [0.2, 0.25) is 0 Å². The Morgan fingerprint density at radius 1 is 1.21 bits per heavy atom.